The second-order valence-electron chi connectivity index (χ2n) is 5.19. The third-order valence-electron chi connectivity index (χ3n) is 3.53. The molecule has 3 rings (SSSR count). The fourth-order valence-corrected chi connectivity index (χ4v) is 3.59. The van der Waals surface area contributed by atoms with Crippen LogP contribution in [-0.4, -0.2) is 11.7 Å². The first-order valence-electron chi connectivity index (χ1n) is 6.58. The lowest BCUT2D eigenvalue weighted by Gasteiger charge is -2.04. The van der Waals surface area contributed by atoms with Gasteiger partial charge in [0.05, 0.1) is 6.42 Å². The van der Waals surface area contributed by atoms with E-state index in [4.69, 9.17) is 0 Å². The molecule has 1 saturated carbocycles. The molecule has 0 aliphatic heterocycles. The molecule has 104 valence electrons. The van der Waals surface area contributed by atoms with Crippen molar-refractivity contribution in [1.82, 2.24) is 0 Å². The molecule has 0 N–H and O–H groups in total. The molecule has 20 heavy (non-hydrogen) atoms. The zero-order valence-corrected chi connectivity index (χ0v) is 11.6. The molecule has 1 aliphatic carbocycles. The minimum absolute atomic E-state index is 0.339. The Hall–Kier alpha value is -1.55. The predicted molar refractivity (Wildman–Crippen MR) is 77.3 cm³/mol. The summed E-state index contributed by atoms with van der Waals surface area (Å²) in [5.74, 6) is -3.77. The number of halogens is 2. The van der Waals surface area contributed by atoms with Gasteiger partial charge in [-0.3, -0.25) is 4.79 Å². The summed E-state index contributed by atoms with van der Waals surface area (Å²) in [7, 11) is 0. The molecule has 4 heteroatoms. The monoisotopic (exact) mass is 292 g/mol. The van der Waals surface area contributed by atoms with Crippen LogP contribution in [0.15, 0.2) is 42.5 Å². The molecule has 0 radical (unpaired) electrons. The number of benzene rings is 1. The molecule has 1 unspecified atom stereocenters. The molecule has 2 aromatic rings. The SMILES string of the molecule is O=C1CC(F)(F)CC1/C=C/Cc1cc2ccccc2s1. The molecular weight excluding hydrogens is 278 g/mol. The van der Waals surface area contributed by atoms with Crippen molar-refractivity contribution in [2.75, 3.05) is 0 Å². The molecule has 1 aromatic carbocycles. The number of rotatable bonds is 3. The van der Waals surface area contributed by atoms with Gasteiger partial charge in [0.15, 0.2) is 0 Å². The van der Waals surface area contributed by atoms with Crippen LogP contribution in [0.2, 0.25) is 0 Å². The molecule has 0 bridgehead atoms. The highest BCUT2D eigenvalue weighted by atomic mass is 32.1. The predicted octanol–water partition coefficient (Wildman–Crippen LogP) is 4.61. The largest absolute Gasteiger partial charge is 0.299 e. The molecule has 0 amide bonds. The lowest BCUT2D eigenvalue weighted by Crippen LogP contribution is -2.09. The fourth-order valence-electron chi connectivity index (χ4n) is 2.56. The summed E-state index contributed by atoms with van der Waals surface area (Å²) in [4.78, 5) is 12.6. The Morgan fingerprint density at radius 3 is 2.85 bits per heavy atom. The van der Waals surface area contributed by atoms with Crippen molar-refractivity contribution in [3.05, 3.63) is 47.4 Å². The van der Waals surface area contributed by atoms with Crippen molar-refractivity contribution in [2.45, 2.75) is 25.2 Å². The van der Waals surface area contributed by atoms with E-state index in [9.17, 15) is 13.6 Å². The van der Waals surface area contributed by atoms with Crippen LogP contribution < -0.4 is 0 Å². The van der Waals surface area contributed by atoms with E-state index in [1.54, 1.807) is 17.4 Å². The van der Waals surface area contributed by atoms with E-state index in [1.165, 1.54) is 15.0 Å². The van der Waals surface area contributed by atoms with Gasteiger partial charge in [0, 0.05) is 21.9 Å². The minimum Gasteiger partial charge on any atom is -0.299 e. The topological polar surface area (TPSA) is 17.1 Å². The normalized spacial score (nSPS) is 22.1. The maximum absolute atomic E-state index is 13.1. The van der Waals surface area contributed by atoms with Crippen LogP contribution in [0, 0.1) is 5.92 Å². The fraction of sp³-hybridized carbons (Fsp3) is 0.312. The number of hydrogen-bond donors (Lipinski definition) is 0. The maximum atomic E-state index is 13.1. The van der Waals surface area contributed by atoms with E-state index < -0.39 is 18.3 Å². The van der Waals surface area contributed by atoms with Gasteiger partial charge in [0.1, 0.15) is 5.78 Å². The van der Waals surface area contributed by atoms with Gasteiger partial charge in [0.25, 0.3) is 5.92 Å². The number of ketones is 1. The molecule has 1 nitrogen and oxygen atoms in total. The van der Waals surface area contributed by atoms with E-state index in [2.05, 4.69) is 18.2 Å². The summed E-state index contributed by atoms with van der Waals surface area (Å²) in [5, 5.41) is 1.20. The average molecular weight is 292 g/mol. The van der Waals surface area contributed by atoms with E-state index >= 15 is 0 Å². The Morgan fingerprint density at radius 2 is 2.15 bits per heavy atom. The highest BCUT2D eigenvalue weighted by Gasteiger charge is 2.44. The Balaban J connectivity index is 1.67. The van der Waals surface area contributed by atoms with Crippen molar-refractivity contribution in [3.63, 3.8) is 0 Å². The highest BCUT2D eigenvalue weighted by Crippen LogP contribution is 2.37. The number of Topliss-reactive ketones (excluding diaryl/α,β-unsaturated/α-hetero) is 1. The summed E-state index contributed by atoms with van der Waals surface area (Å²) in [5.41, 5.74) is 0. The number of allylic oxidation sites excluding steroid dienone is 2. The smallest absolute Gasteiger partial charge is 0.256 e. The summed E-state index contributed by atoms with van der Waals surface area (Å²) in [6, 6.07) is 10.2. The second-order valence-corrected chi connectivity index (χ2v) is 6.36. The lowest BCUT2D eigenvalue weighted by atomic mass is 10.1. The third-order valence-corrected chi connectivity index (χ3v) is 4.67. The van der Waals surface area contributed by atoms with Crippen LogP contribution in [-0.2, 0) is 11.2 Å². The van der Waals surface area contributed by atoms with Crippen molar-refractivity contribution in [1.29, 1.82) is 0 Å². The van der Waals surface area contributed by atoms with Gasteiger partial charge in [-0.25, -0.2) is 8.78 Å². The van der Waals surface area contributed by atoms with Crippen molar-refractivity contribution in [3.8, 4) is 0 Å². The first kappa shape index (κ1) is 13.4. The number of hydrogen-bond acceptors (Lipinski definition) is 2. The second kappa shape index (κ2) is 5.09. The van der Waals surface area contributed by atoms with Gasteiger partial charge >= 0.3 is 0 Å². The van der Waals surface area contributed by atoms with Crippen LogP contribution in [0.5, 0.6) is 0 Å². The quantitative estimate of drug-likeness (QED) is 0.755. The standard InChI is InChI=1S/C16H14F2OS/c17-16(18)9-12(14(19)10-16)5-3-6-13-8-11-4-1-2-7-15(11)20-13/h1-5,7-8,12H,6,9-10H2/b5-3+. The Labute approximate surface area is 119 Å². The molecule has 0 spiro atoms. The van der Waals surface area contributed by atoms with Gasteiger partial charge in [-0.15, -0.1) is 11.3 Å². The Morgan fingerprint density at radius 1 is 1.35 bits per heavy atom. The summed E-state index contributed by atoms with van der Waals surface area (Å²) in [6.45, 7) is 0. The van der Waals surface area contributed by atoms with Crippen molar-refractivity contribution in [2.24, 2.45) is 5.92 Å². The summed E-state index contributed by atoms with van der Waals surface area (Å²) >= 11 is 1.70. The van der Waals surface area contributed by atoms with E-state index in [0.29, 0.717) is 6.42 Å². The molecule has 1 heterocycles. The summed E-state index contributed by atoms with van der Waals surface area (Å²) in [6.07, 6.45) is 3.23. The molecule has 1 fully saturated rings. The first-order valence-corrected chi connectivity index (χ1v) is 7.40. The van der Waals surface area contributed by atoms with Crippen LogP contribution >= 0.6 is 11.3 Å². The van der Waals surface area contributed by atoms with Crippen molar-refractivity contribution >= 4 is 27.2 Å². The zero-order valence-electron chi connectivity index (χ0n) is 10.8. The lowest BCUT2D eigenvalue weighted by molar-refractivity contribution is -0.121. The average Bonchev–Trinajstić information content (AvgIpc) is 2.89. The molecule has 1 aromatic heterocycles. The van der Waals surface area contributed by atoms with Crippen LogP contribution in [0.3, 0.4) is 0 Å². The van der Waals surface area contributed by atoms with Crippen LogP contribution in [0.1, 0.15) is 17.7 Å². The number of thiophene rings is 1. The van der Waals surface area contributed by atoms with Crippen LogP contribution in [0.4, 0.5) is 8.78 Å². The van der Waals surface area contributed by atoms with Crippen LogP contribution in [0.25, 0.3) is 10.1 Å². The van der Waals surface area contributed by atoms with E-state index in [-0.39, 0.29) is 12.2 Å². The maximum Gasteiger partial charge on any atom is 0.256 e. The number of carbonyl (C=O) groups excluding carboxylic acids is 1. The Kier molecular flexibility index (Phi) is 3.42. The van der Waals surface area contributed by atoms with Gasteiger partial charge in [-0.2, -0.15) is 0 Å². The molecular formula is C16H14F2OS. The van der Waals surface area contributed by atoms with Gasteiger partial charge in [0.2, 0.25) is 0 Å². The minimum atomic E-state index is -2.82. The zero-order chi connectivity index (χ0) is 14.2. The van der Waals surface area contributed by atoms with E-state index in [1.807, 2.05) is 18.2 Å². The van der Waals surface area contributed by atoms with Crippen molar-refractivity contribution < 1.29 is 13.6 Å². The molecule has 1 atom stereocenters. The number of alkyl halides is 2. The van der Waals surface area contributed by atoms with Gasteiger partial charge in [-0.05, 0) is 23.9 Å². The van der Waals surface area contributed by atoms with Gasteiger partial charge < -0.3 is 0 Å². The number of carbonyl (C=O) groups is 1. The number of fused-ring (bicyclic) bond motifs is 1. The molecule has 1 aliphatic rings. The first-order chi connectivity index (χ1) is 9.53. The molecule has 0 saturated heterocycles. The van der Waals surface area contributed by atoms with Gasteiger partial charge in [-0.1, -0.05) is 30.4 Å². The Bertz CT molecular complexity index is 639. The van der Waals surface area contributed by atoms with E-state index in [0.717, 1.165) is 0 Å². The summed E-state index contributed by atoms with van der Waals surface area (Å²) < 4.78 is 27.4. The highest BCUT2D eigenvalue weighted by molar-refractivity contribution is 7.19. The third kappa shape index (κ3) is 2.80.